The molecule has 0 aliphatic carbocycles. The molecule has 0 aromatic heterocycles. The number of carbonyl (C=O) groups is 2. The molecule has 7 heteroatoms. The van der Waals surface area contributed by atoms with Crippen LogP contribution in [0.1, 0.15) is 33.3 Å². The molecule has 0 bridgehead atoms. The van der Waals surface area contributed by atoms with Crippen LogP contribution in [0.4, 0.5) is 0 Å². The largest absolute Gasteiger partial charge is 0.491 e. The molecule has 2 aliphatic heterocycles. The van der Waals surface area contributed by atoms with Gasteiger partial charge in [0.2, 0.25) is 0 Å². The van der Waals surface area contributed by atoms with Gasteiger partial charge in [-0.1, -0.05) is 12.1 Å². The van der Waals surface area contributed by atoms with E-state index in [1.807, 2.05) is 56.9 Å². The van der Waals surface area contributed by atoms with Crippen LogP contribution in [-0.2, 0) is 19.1 Å². The first-order chi connectivity index (χ1) is 13.8. The molecule has 1 aromatic rings. The van der Waals surface area contributed by atoms with Gasteiger partial charge in [0.1, 0.15) is 11.4 Å². The van der Waals surface area contributed by atoms with E-state index in [4.69, 9.17) is 14.2 Å². The van der Waals surface area contributed by atoms with Gasteiger partial charge in [-0.15, -0.1) is 0 Å². The van der Waals surface area contributed by atoms with Crippen LogP contribution in [-0.4, -0.2) is 73.3 Å². The number of imide groups is 1. The topological polar surface area (TPSA) is 68.3 Å². The first-order valence-corrected chi connectivity index (χ1v) is 10.1. The van der Waals surface area contributed by atoms with Gasteiger partial charge in [-0.2, -0.15) is 0 Å². The van der Waals surface area contributed by atoms with Crippen LogP contribution in [0.3, 0.4) is 0 Å². The van der Waals surface area contributed by atoms with E-state index in [2.05, 4.69) is 0 Å². The third kappa shape index (κ3) is 4.62. The van der Waals surface area contributed by atoms with Crippen LogP contribution in [0.5, 0.6) is 5.75 Å². The normalized spacial score (nSPS) is 22.8. The van der Waals surface area contributed by atoms with Gasteiger partial charge < -0.3 is 19.1 Å². The van der Waals surface area contributed by atoms with E-state index >= 15 is 0 Å². The van der Waals surface area contributed by atoms with E-state index < -0.39 is 0 Å². The Bertz CT molecular complexity index is 777. The molecule has 2 unspecified atom stereocenters. The lowest BCUT2D eigenvalue weighted by Crippen LogP contribution is -2.47. The highest BCUT2D eigenvalue weighted by Crippen LogP contribution is 2.33. The highest BCUT2D eigenvalue weighted by Gasteiger charge is 2.42. The number of hydrogen-bond donors (Lipinski definition) is 0. The maximum Gasteiger partial charge on any atom is 0.277 e. The molecule has 7 nitrogen and oxygen atoms in total. The zero-order chi connectivity index (χ0) is 21.1. The van der Waals surface area contributed by atoms with Crippen molar-refractivity contribution in [3.05, 3.63) is 35.5 Å². The van der Waals surface area contributed by atoms with Crippen molar-refractivity contribution in [3.8, 4) is 5.75 Å². The lowest BCUT2D eigenvalue weighted by molar-refractivity contribution is -0.139. The van der Waals surface area contributed by atoms with Crippen LogP contribution >= 0.6 is 0 Å². The fourth-order valence-corrected chi connectivity index (χ4v) is 3.84. The number of carbonyl (C=O) groups excluding carboxylic acids is 2. The third-order valence-electron chi connectivity index (χ3n) is 4.91. The first kappa shape index (κ1) is 21.3. The number of rotatable bonds is 7. The summed E-state index contributed by atoms with van der Waals surface area (Å²) in [5, 5.41) is 0. The molecule has 2 heterocycles. The molecular weight excluding hydrogens is 372 g/mol. The summed E-state index contributed by atoms with van der Waals surface area (Å²) in [6.45, 7) is 9.53. The second-order valence-corrected chi connectivity index (χ2v) is 7.83. The van der Waals surface area contributed by atoms with Gasteiger partial charge in [-0.25, -0.2) is 0 Å². The van der Waals surface area contributed by atoms with E-state index in [9.17, 15) is 9.59 Å². The Kier molecular flexibility index (Phi) is 6.59. The van der Waals surface area contributed by atoms with Gasteiger partial charge >= 0.3 is 0 Å². The smallest absolute Gasteiger partial charge is 0.277 e. The summed E-state index contributed by atoms with van der Waals surface area (Å²) in [6.07, 6.45) is 0.0154. The van der Waals surface area contributed by atoms with Crippen molar-refractivity contribution in [2.75, 3.05) is 33.4 Å². The minimum absolute atomic E-state index is 0.0229. The Morgan fingerprint density at radius 1 is 1.07 bits per heavy atom. The van der Waals surface area contributed by atoms with Gasteiger partial charge in [0, 0.05) is 20.2 Å². The highest BCUT2D eigenvalue weighted by atomic mass is 16.5. The summed E-state index contributed by atoms with van der Waals surface area (Å²) in [5.41, 5.74) is 1.59. The monoisotopic (exact) mass is 402 g/mol. The summed E-state index contributed by atoms with van der Waals surface area (Å²) in [5.74, 6) is 0.171. The zero-order valence-electron chi connectivity index (χ0n) is 17.8. The number of hydrogen-bond acceptors (Lipinski definition) is 6. The van der Waals surface area contributed by atoms with Crippen LogP contribution in [0.25, 0.3) is 5.57 Å². The number of morpholine rings is 1. The minimum Gasteiger partial charge on any atom is -0.491 e. The standard InChI is InChI=1S/C22H30N2O5/c1-14(2)28-18-8-6-17(7-9-18)19-20(23-12-15(3)29-16(4)13-23)22(26)24(21(19)25)10-11-27-5/h6-9,14-16H,10-13H2,1-5H3. The molecule has 2 amide bonds. The van der Waals surface area contributed by atoms with Crippen LogP contribution < -0.4 is 4.74 Å². The number of benzene rings is 1. The summed E-state index contributed by atoms with van der Waals surface area (Å²) in [4.78, 5) is 29.7. The lowest BCUT2D eigenvalue weighted by atomic mass is 10.0. The predicted octanol–water partition coefficient (Wildman–Crippen LogP) is 2.31. The van der Waals surface area contributed by atoms with Crippen molar-refractivity contribution >= 4 is 17.4 Å². The maximum atomic E-state index is 13.2. The van der Waals surface area contributed by atoms with E-state index in [1.54, 1.807) is 7.11 Å². The van der Waals surface area contributed by atoms with Gasteiger partial charge in [0.15, 0.2) is 0 Å². The van der Waals surface area contributed by atoms with E-state index in [1.165, 1.54) is 4.90 Å². The SMILES string of the molecule is COCCN1C(=O)C(c2ccc(OC(C)C)cc2)=C(N2CC(C)OC(C)C2)C1=O. The Morgan fingerprint density at radius 2 is 1.69 bits per heavy atom. The average Bonchev–Trinajstić information content (AvgIpc) is 2.89. The summed E-state index contributed by atoms with van der Waals surface area (Å²) < 4.78 is 16.6. The van der Waals surface area contributed by atoms with E-state index in [0.29, 0.717) is 36.5 Å². The fourth-order valence-electron chi connectivity index (χ4n) is 3.84. The molecule has 2 aliphatic rings. The Hall–Kier alpha value is -2.38. The van der Waals surface area contributed by atoms with Crippen molar-refractivity contribution in [1.29, 1.82) is 0 Å². The molecule has 158 valence electrons. The van der Waals surface area contributed by atoms with Crippen molar-refractivity contribution in [2.45, 2.75) is 46.0 Å². The molecule has 1 fully saturated rings. The van der Waals surface area contributed by atoms with E-state index in [0.717, 1.165) is 5.75 Å². The van der Waals surface area contributed by atoms with E-state index in [-0.39, 0.29) is 36.7 Å². The van der Waals surface area contributed by atoms with Crippen LogP contribution in [0.15, 0.2) is 30.0 Å². The predicted molar refractivity (Wildman–Crippen MR) is 109 cm³/mol. The van der Waals surface area contributed by atoms with Gasteiger partial charge in [0.05, 0.1) is 37.0 Å². The van der Waals surface area contributed by atoms with Gasteiger partial charge in [-0.3, -0.25) is 14.5 Å². The quantitative estimate of drug-likeness (QED) is 0.652. The molecule has 1 saturated heterocycles. The van der Waals surface area contributed by atoms with Crippen molar-refractivity contribution in [2.24, 2.45) is 0 Å². The van der Waals surface area contributed by atoms with Gasteiger partial charge in [0.25, 0.3) is 11.8 Å². The first-order valence-electron chi connectivity index (χ1n) is 10.1. The molecule has 0 spiro atoms. The molecule has 0 N–H and O–H groups in total. The second-order valence-electron chi connectivity index (χ2n) is 7.83. The molecule has 0 saturated carbocycles. The van der Waals surface area contributed by atoms with Gasteiger partial charge in [-0.05, 0) is 45.4 Å². The average molecular weight is 402 g/mol. The van der Waals surface area contributed by atoms with Crippen LogP contribution in [0, 0.1) is 0 Å². The number of ether oxygens (including phenoxy) is 3. The summed E-state index contributed by atoms with van der Waals surface area (Å²) in [6, 6.07) is 7.34. The molecule has 0 radical (unpaired) electrons. The zero-order valence-corrected chi connectivity index (χ0v) is 17.8. The number of nitrogens with zero attached hydrogens (tertiary/aromatic N) is 2. The lowest BCUT2D eigenvalue weighted by Gasteiger charge is -2.37. The molecule has 29 heavy (non-hydrogen) atoms. The third-order valence-corrected chi connectivity index (χ3v) is 4.91. The Morgan fingerprint density at radius 3 is 2.24 bits per heavy atom. The minimum atomic E-state index is -0.286. The summed E-state index contributed by atoms with van der Waals surface area (Å²) >= 11 is 0. The number of amides is 2. The van der Waals surface area contributed by atoms with Crippen molar-refractivity contribution < 1.29 is 23.8 Å². The second kappa shape index (κ2) is 8.97. The number of methoxy groups -OCH3 is 1. The van der Waals surface area contributed by atoms with Crippen LogP contribution in [0.2, 0.25) is 0 Å². The Balaban J connectivity index is 2.00. The highest BCUT2D eigenvalue weighted by molar-refractivity contribution is 6.35. The maximum absolute atomic E-state index is 13.2. The summed E-state index contributed by atoms with van der Waals surface area (Å²) in [7, 11) is 1.55. The fraction of sp³-hybridized carbons (Fsp3) is 0.545. The van der Waals surface area contributed by atoms with Crippen molar-refractivity contribution in [1.82, 2.24) is 9.80 Å². The molecule has 3 rings (SSSR count). The molecule has 1 aromatic carbocycles. The Labute approximate surface area is 172 Å². The molecule has 2 atom stereocenters. The van der Waals surface area contributed by atoms with Crippen molar-refractivity contribution in [3.63, 3.8) is 0 Å². The molecular formula is C22H30N2O5.